The molecule has 0 atom stereocenters. The summed E-state index contributed by atoms with van der Waals surface area (Å²) in [6, 6.07) is 2.02. The van der Waals surface area contributed by atoms with Gasteiger partial charge in [0.25, 0.3) is 5.82 Å². The van der Waals surface area contributed by atoms with Crippen molar-refractivity contribution in [1.82, 2.24) is 9.97 Å². The molecular weight excluding hydrogens is 634 g/mol. The summed E-state index contributed by atoms with van der Waals surface area (Å²) in [5.41, 5.74) is -2.53. The van der Waals surface area contributed by atoms with Crippen LogP contribution in [0.15, 0.2) is 24.5 Å². The molecule has 0 aromatic carbocycles. The molecule has 0 unspecified atom stereocenters. The third-order valence-electron chi connectivity index (χ3n) is 7.04. The highest BCUT2D eigenvalue weighted by Crippen LogP contribution is 2.42. The highest BCUT2D eigenvalue weighted by atomic mass is 35.5. The van der Waals surface area contributed by atoms with Crippen LogP contribution >= 0.6 is 11.6 Å². The molecule has 2 aromatic rings. The molecule has 2 aliphatic heterocycles. The van der Waals surface area contributed by atoms with Crippen molar-refractivity contribution >= 4 is 28.8 Å². The number of pyridine rings is 2. The van der Waals surface area contributed by atoms with Gasteiger partial charge in [0, 0.05) is 38.1 Å². The zero-order valence-corrected chi connectivity index (χ0v) is 22.5. The summed E-state index contributed by atoms with van der Waals surface area (Å²) in [6.07, 6.45) is -17.8. The summed E-state index contributed by atoms with van der Waals surface area (Å²) in [5, 5.41) is -0.129. The van der Waals surface area contributed by atoms with E-state index < -0.39 is 47.7 Å². The predicted molar refractivity (Wildman–Crippen MR) is 132 cm³/mol. The second-order valence-corrected chi connectivity index (χ2v) is 10.2. The smallest absolute Gasteiger partial charge is 0.372 e. The lowest BCUT2D eigenvalue weighted by molar-refractivity contribution is -0.179. The second kappa shape index (κ2) is 12.8. The Bertz CT molecular complexity index is 1280. The maximum absolute atomic E-state index is 13.0. The molecule has 0 N–H and O–H groups in total. The van der Waals surface area contributed by atoms with Crippen LogP contribution in [0, 0.1) is 18.4 Å². The van der Waals surface area contributed by atoms with Crippen LogP contribution in [0.3, 0.4) is 0 Å². The van der Waals surface area contributed by atoms with Gasteiger partial charge in [-0.3, -0.25) is 0 Å². The Morgan fingerprint density at radius 2 is 1.02 bits per heavy atom. The van der Waals surface area contributed by atoms with Gasteiger partial charge in [-0.1, -0.05) is 18.2 Å². The molecule has 5 nitrogen and oxygen atoms in total. The molecule has 4 heterocycles. The third-order valence-corrected chi connectivity index (χ3v) is 7.25. The monoisotopic (exact) mass is 655 g/mol. The predicted octanol–water partition coefficient (Wildman–Crippen LogP) is 8.96. The summed E-state index contributed by atoms with van der Waals surface area (Å²) in [4.78, 5) is 12.3. The Labute approximate surface area is 242 Å². The summed E-state index contributed by atoms with van der Waals surface area (Å²) >= 11 is 5.60. The largest absolute Gasteiger partial charge is 0.421 e. The van der Waals surface area contributed by atoms with Gasteiger partial charge in [0.2, 0.25) is 0 Å². The number of hydrogen-bond acceptors (Lipinski definition) is 4. The van der Waals surface area contributed by atoms with E-state index in [-0.39, 0.29) is 74.2 Å². The van der Waals surface area contributed by atoms with Crippen molar-refractivity contribution in [3.63, 3.8) is 0 Å². The van der Waals surface area contributed by atoms with E-state index >= 15 is 0 Å². The van der Waals surface area contributed by atoms with Crippen molar-refractivity contribution in [2.75, 3.05) is 36.0 Å². The Balaban J connectivity index is 0.000000236. The number of nitrogens with zero attached hydrogens (tertiary/aromatic N) is 5. The molecule has 0 aliphatic carbocycles. The van der Waals surface area contributed by atoms with E-state index in [0.717, 1.165) is 12.1 Å². The first-order valence-electron chi connectivity index (χ1n) is 12.5. The zero-order valence-electron chi connectivity index (χ0n) is 21.8. The minimum Gasteiger partial charge on any atom is -0.372 e. The van der Waals surface area contributed by atoms with Crippen LogP contribution in [0.4, 0.5) is 69.9 Å². The van der Waals surface area contributed by atoms with Crippen LogP contribution in [0.2, 0.25) is 5.15 Å². The summed E-state index contributed by atoms with van der Waals surface area (Å²) in [7, 11) is 0. The van der Waals surface area contributed by atoms with E-state index in [1.54, 1.807) is 0 Å². The fourth-order valence-corrected chi connectivity index (χ4v) is 4.92. The Morgan fingerprint density at radius 3 is 1.37 bits per heavy atom. The first kappa shape index (κ1) is 34.3. The van der Waals surface area contributed by atoms with Crippen LogP contribution in [0.5, 0.6) is 0 Å². The van der Waals surface area contributed by atoms with E-state index in [1.165, 1.54) is 9.80 Å². The maximum atomic E-state index is 13.0. The van der Waals surface area contributed by atoms with Crippen LogP contribution in [-0.4, -0.2) is 48.5 Å². The first-order valence-corrected chi connectivity index (χ1v) is 12.9. The van der Waals surface area contributed by atoms with Crippen LogP contribution < -0.4 is 9.80 Å². The summed E-state index contributed by atoms with van der Waals surface area (Å²) in [6.45, 7) is 6.31. The minimum atomic E-state index is -4.68. The first-order chi connectivity index (χ1) is 19.7. The molecule has 18 heteroatoms. The number of rotatable bonds is 2. The van der Waals surface area contributed by atoms with Gasteiger partial charge in [-0.25, -0.2) is 4.98 Å². The van der Waals surface area contributed by atoms with Crippen molar-refractivity contribution in [3.8, 4) is 0 Å². The van der Waals surface area contributed by atoms with Crippen molar-refractivity contribution in [2.24, 2.45) is 11.8 Å². The Morgan fingerprint density at radius 1 is 0.651 bits per heavy atom. The van der Waals surface area contributed by atoms with Gasteiger partial charge < -0.3 is 14.6 Å². The summed E-state index contributed by atoms with van der Waals surface area (Å²) < 4.78 is 153. The molecule has 2 aromatic heterocycles. The van der Waals surface area contributed by atoms with Gasteiger partial charge >= 0.3 is 24.7 Å². The second-order valence-electron chi connectivity index (χ2n) is 9.80. The third kappa shape index (κ3) is 8.93. The molecule has 2 aliphatic rings. The number of alkyl halides is 12. The van der Waals surface area contributed by atoms with Crippen LogP contribution in [0.1, 0.15) is 36.8 Å². The molecule has 0 radical (unpaired) electrons. The Kier molecular flexibility index (Phi) is 10.2. The van der Waals surface area contributed by atoms with E-state index in [0.29, 0.717) is 12.4 Å². The Hall–Kier alpha value is -3.16. The van der Waals surface area contributed by atoms with E-state index in [2.05, 4.69) is 14.8 Å². The molecule has 0 spiro atoms. The molecular formula is C25H22ClF12N5. The number of aromatic nitrogens is 2. The fourth-order valence-electron chi connectivity index (χ4n) is 4.77. The minimum absolute atomic E-state index is 0.104. The molecule has 4 rings (SSSR count). The fraction of sp³-hybridized carbons (Fsp3) is 0.560. The van der Waals surface area contributed by atoms with Gasteiger partial charge in [0.1, 0.15) is 16.9 Å². The van der Waals surface area contributed by atoms with Crippen molar-refractivity contribution in [1.29, 1.82) is 0 Å². The van der Waals surface area contributed by atoms with Crippen LogP contribution in [0.25, 0.3) is 4.85 Å². The number of piperidine rings is 2. The molecule has 43 heavy (non-hydrogen) atoms. The standard InChI is InChI=1S/C13H11F6N3.C12H11ClF6N2/c1-20-11-6-10(9(7-21-11)13(17,18)19)22-4-2-8(3-5-22)12(14,15)16;13-10-5-9(8(6-20-10)12(17,18)19)21-3-1-7(2-4-21)11(14,15)16/h6-8H,2-5H2;5-7H,1-4H2. The average Bonchev–Trinajstić information content (AvgIpc) is 2.91. The van der Waals surface area contributed by atoms with Gasteiger partial charge in [0.05, 0.1) is 23.1 Å². The number of hydrogen-bond donors (Lipinski definition) is 0. The molecule has 2 fully saturated rings. The normalized spacial score (nSPS) is 17.8. The molecule has 0 amide bonds. The topological polar surface area (TPSA) is 36.6 Å². The highest BCUT2D eigenvalue weighted by molar-refractivity contribution is 6.29. The summed E-state index contributed by atoms with van der Waals surface area (Å²) in [5.74, 6) is -3.19. The number of halogens is 13. The average molecular weight is 656 g/mol. The van der Waals surface area contributed by atoms with E-state index in [4.69, 9.17) is 18.2 Å². The van der Waals surface area contributed by atoms with Crippen molar-refractivity contribution in [2.45, 2.75) is 50.4 Å². The quantitative estimate of drug-likeness (QED) is 0.184. The molecule has 2 saturated heterocycles. The molecule has 0 bridgehead atoms. The van der Waals surface area contributed by atoms with Gasteiger partial charge in [0.15, 0.2) is 0 Å². The van der Waals surface area contributed by atoms with E-state index in [9.17, 15) is 52.7 Å². The van der Waals surface area contributed by atoms with Gasteiger partial charge in [-0.05, 0) is 37.8 Å². The van der Waals surface area contributed by atoms with Crippen molar-refractivity contribution < 1.29 is 52.7 Å². The van der Waals surface area contributed by atoms with Gasteiger partial charge in [-0.2, -0.15) is 52.7 Å². The highest BCUT2D eigenvalue weighted by Gasteiger charge is 2.44. The van der Waals surface area contributed by atoms with Gasteiger partial charge in [-0.15, -0.1) is 4.98 Å². The van der Waals surface area contributed by atoms with Crippen molar-refractivity contribution in [3.05, 3.63) is 52.2 Å². The lowest BCUT2D eigenvalue weighted by Crippen LogP contribution is -2.39. The van der Waals surface area contributed by atoms with Crippen LogP contribution in [-0.2, 0) is 12.4 Å². The maximum Gasteiger partial charge on any atom is 0.421 e. The lowest BCUT2D eigenvalue weighted by Gasteiger charge is -2.35. The van der Waals surface area contributed by atoms with E-state index in [1.807, 2.05) is 0 Å². The molecule has 0 saturated carbocycles. The number of anilines is 2. The SMILES string of the molecule is FC(F)(F)c1cnc(Cl)cc1N1CCC(C(F)(F)F)CC1.[C-]#[N+]c1cc(N2CCC(C(F)(F)F)CC2)c(C(F)(F)F)cn1. The molecule has 238 valence electrons. The lowest BCUT2D eigenvalue weighted by atomic mass is 9.95. The zero-order chi connectivity index (χ0) is 32.4.